The molecule has 0 radical (unpaired) electrons. The van der Waals surface area contributed by atoms with Gasteiger partial charge in [-0.25, -0.2) is 8.42 Å². The molecule has 0 spiro atoms. The van der Waals surface area contributed by atoms with Crippen LogP contribution >= 0.6 is 35.4 Å². The second kappa shape index (κ2) is 6.05. The zero-order valence-corrected chi connectivity index (χ0v) is 11.4. The van der Waals surface area contributed by atoms with Gasteiger partial charge in [0.25, 0.3) is 5.17 Å². The second-order valence-electron chi connectivity index (χ2n) is 3.26. The molecule has 0 saturated heterocycles. The fourth-order valence-corrected chi connectivity index (χ4v) is 2.68. The number of halogens is 2. The summed E-state index contributed by atoms with van der Waals surface area (Å²) in [6.45, 7) is 0.195. The molecule has 4 nitrogen and oxygen atoms in total. The number of thiocarbonyl (C=S) groups is 1. The topological polar surface area (TPSA) is 55.4 Å². The first-order chi connectivity index (χ1) is 7.43. The third-order valence-electron chi connectivity index (χ3n) is 1.80. The van der Waals surface area contributed by atoms with Crippen LogP contribution in [0.3, 0.4) is 0 Å². The van der Waals surface area contributed by atoms with Gasteiger partial charge >= 0.3 is 0 Å². The largest absolute Gasteiger partial charge is 0.469 e. The van der Waals surface area contributed by atoms with Crippen molar-refractivity contribution >= 4 is 50.4 Å². The fourth-order valence-electron chi connectivity index (χ4n) is 1.07. The second-order valence-corrected chi connectivity index (χ2v) is 6.49. The predicted molar refractivity (Wildman–Crippen MR) is 68.8 cm³/mol. The first-order valence-corrected chi connectivity index (χ1v) is 7.56. The van der Waals surface area contributed by atoms with E-state index >= 15 is 0 Å². The summed E-state index contributed by atoms with van der Waals surface area (Å²) in [6.07, 6.45) is 1.53. The van der Waals surface area contributed by atoms with E-state index in [9.17, 15) is 8.42 Å². The van der Waals surface area contributed by atoms with Gasteiger partial charge in [0.05, 0.1) is 17.2 Å². The first kappa shape index (κ1) is 14.0. The quantitative estimate of drug-likeness (QED) is 0.621. The van der Waals surface area contributed by atoms with Crippen LogP contribution in [0, 0.1) is 0 Å². The van der Waals surface area contributed by atoms with Crippen molar-refractivity contribution in [2.75, 3.05) is 18.2 Å². The van der Waals surface area contributed by atoms with Gasteiger partial charge in [-0.05, 0) is 18.3 Å². The zero-order chi connectivity index (χ0) is 12.2. The number of nitrogens with one attached hydrogen (secondary N) is 1. The highest BCUT2D eigenvalue weighted by Gasteiger charge is 2.22. The number of rotatable bonds is 4. The maximum atomic E-state index is 11.1. The molecule has 1 aliphatic rings. The Hall–Kier alpha value is -0.0400. The minimum atomic E-state index is -3.08. The molecular formula is C8H11Cl2NO3S2. The van der Waals surface area contributed by atoms with Crippen molar-refractivity contribution in [2.24, 2.45) is 0 Å². The van der Waals surface area contributed by atoms with E-state index in [4.69, 9.17) is 40.2 Å². The molecule has 0 fully saturated rings. The number of hydrogen-bond acceptors (Lipinski definition) is 4. The molecule has 16 heavy (non-hydrogen) atoms. The van der Waals surface area contributed by atoms with E-state index in [2.05, 4.69) is 5.32 Å². The molecule has 1 N–H and O–H groups in total. The van der Waals surface area contributed by atoms with Crippen molar-refractivity contribution in [3.8, 4) is 0 Å². The third kappa shape index (κ3) is 4.86. The van der Waals surface area contributed by atoms with Gasteiger partial charge in [-0.1, -0.05) is 0 Å². The Morgan fingerprint density at radius 3 is 2.88 bits per heavy atom. The van der Waals surface area contributed by atoms with Crippen LogP contribution in [-0.2, 0) is 14.6 Å². The lowest BCUT2D eigenvalue weighted by molar-refractivity contribution is 0.300. The van der Waals surface area contributed by atoms with Crippen LogP contribution in [0.1, 0.15) is 0 Å². The van der Waals surface area contributed by atoms with E-state index in [1.807, 2.05) is 0 Å². The maximum absolute atomic E-state index is 11.1. The Kier molecular flexibility index (Phi) is 5.30. The Morgan fingerprint density at radius 1 is 1.69 bits per heavy atom. The normalized spacial score (nSPS) is 24.0. The predicted octanol–water partition coefficient (Wildman–Crippen LogP) is 1.03. The van der Waals surface area contributed by atoms with E-state index in [1.54, 1.807) is 0 Å². The summed E-state index contributed by atoms with van der Waals surface area (Å²) in [5, 5.41) is 3.73. The highest BCUT2D eigenvalue weighted by Crippen LogP contribution is 2.08. The van der Waals surface area contributed by atoms with Gasteiger partial charge in [0, 0.05) is 11.3 Å². The smallest absolute Gasteiger partial charge is 0.257 e. The minimum Gasteiger partial charge on any atom is -0.469 e. The highest BCUT2D eigenvalue weighted by atomic mass is 35.5. The Morgan fingerprint density at radius 2 is 2.38 bits per heavy atom. The first-order valence-electron chi connectivity index (χ1n) is 4.47. The third-order valence-corrected chi connectivity index (χ3v) is 4.24. The average molecular weight is 304 g/mol. The molecule has 0 aromatic carbocycles. The molecule has 0 saturated carbocycles. The van der Waals surface area contributed by atoms with Crippen LogP contribution in [0.2, 0.25) is 0 Å². The van der Waals surface area contributed by atoms with Crippen molar-refractivity contribution in [2.45, 2.75) is 11.4 Å². The van der Waals surface area contributed by atoms with Crippen molar-refractivity contribution < 1.29 is 13.2 Å². The van der Waals surface area contributed by atoms with Crippen molar-refractivity contribution in [1.82, 2.24) is 5.32 Å². The van der Waals surface area contributed by atoms with Crippen molar-refractivity contribution in [3.63, 3.8) is 0 Å². The van der Waals surface area contributed by atoms with Crippen molar-refractivity contribution in [3.05, 3.63) is 11.5 Å². The molecule has 1 heterocycles. The molecule has 2 atom stereocenters. The monoisotopic (exact) mass is 303 g/mol. The molecule has 0 bridgehead atoms. The van der Waals surface area contributed by atoms with Gasteiger partial charge in [-0.15, -0.1) is 23.2 Å². The van der Waals surface area contributed by atoms with Crippen LogP contribution in [0.15, 0.2) is 11.5 Å². The van der Waals surface area contributed by atoms with E-state index in [1.165, 1.54) is 6.08 Å². The van der Waals surface area contributed by atoms with E-state index < -0.39 is 9.84 Å². The maximum Gasteiger partial charge on any atom is 0.257 e. The Balaban J connectivity index is 2.29. The standard InChI is InChI=1S/C8H11Cl2NO3S2/c9-3-6(10)4-14-8(15)11-7-1-2-16(12,13)5-7/h1-2,6-7H,3-5H2,(H,11,15). The highest BCUT2D eigenvalue weighted by molar-refractivity contribution is 7.94. The van der Waals surface area contributed by atoms with E-state index in [0.29, 0.717) is 0 Å². The molecule has 92 valence electrons. The van der Waals surface area contributed by atoms with Crippen LogP contribution in [0.4, 0.5) is 0 Å². The molecule has 0 aromatic rings. The molecule has 0 aromatic heterocycles. The SMILES string of the molecule is O=S1(=O)C=CC(NC(=S)OCC(Cl)CCl)C1. The lowest BCUT2D eigenvalue weighted by atomic mass is 10.3. The van der Waals surface area contributed by atoms with Gasteiger partial charge in [-0.3, -0.25) is 0 Å². The Labute approximate surface area is 110 Å². The molecule has 1 aliphatic heterocycles. The Bertz CT molecular complexity index is 383. The zero-order valence-electron chi connectivity index (χ0n) is 8.23. The van der Waals surface area contributed by atoms with Crippen LogP contribution in [-0.4, -0.2) is 43.3 Å². The summed E-state index contributed by atoms with van der Waals surface area (Å²) in [5.74, 6) is 0.262. The lowest BCUT2D eigenvalue weighted by Crippen LogP contribution is -2.36. The van der Waals surface area contributed by atoms with Gasteiger partial charge in [-0.2, -0.15) is 0 Å². The molecule has 0 aliphatic carbocycles. The molecule has 0 amide bonds. The summed E-state index contributed by atoms with van der Waals surface area (Å²) in [5.41, 5.74) is 0. The van der Waals surface area contributed by atoms with E-state index in [-0.39, 0.29) is 34.8 Å². The van der Waals surface area contributed by atoms with Crippen molar-refractivity contribution in [1.29, 1.82) is 0 Å². The average Bonchev–Trinajstić information content (AvgIpc) is 2.54. The van der Waals surface area contributed by atoms with Crippen LogP contribution in [0.25, 0.3) is 0 Å². The summed E-state index contributed by atoms with van der Waals surface area (Å²) in [6, 6.07) is -0.331. The van der Waals surface area contributed by atoms with Crippen LogP contribution in [0.5, 0.6) is 0 Å². The van der Waals surface area contributed by atoms with E-state index in [0.717, 1.165) is 5.41 Å². The number of hydrogen-bond donors (Lipinski definition) is 1. The summed E-state index contributed by atoms with van der Waals surface area (Å²) in [4.78, 5) is 0. The minimum absolute atomic E-state index is 0.00366. The van der Waals surface area contributed by atoms with Gasteiger partial charge in [0.15, 0.2) is 9.84 Å². The molecule has 1 rings (SSSR count). The van der Waals surface area contributed by atoms with Gasteiger partial charge < -0.3 is 10.1 Å². The summed E-state index contributed by atoms with van der Waals surface area (Å²) in [7, 11) is -3.08. The number of ether oxygens (including phenoxy) is 1. The van der Waals surface area contributed by atoms with Gasteiger partial charge in [0.1, 0.15) is 6.61 Å². The van der Waals surface area contributed by atoms with Gasteiger partial charge in [0.2, 0.25) is 0 Å². The molecule has 2 unspecified atom stereocenters. The molecular weight excluding hydrogens is 293 g/mol. The van der Waals surface area contributed by atoms with Crippen LogP contribution < -0.4 is 5.32 Å². The summed E-state index contributed by atoms with van der Waals surface area (Å²) >= 11 is 16.1. The summed E-state index contributed by atoms with van der Waals surface area (Å²) < 4.78 is 27.3. The number of sulfone groups is 1. The fraction of sp³-hybridized carbons (Fsp3) is 0.625. The molecule has 8 heteroatoms. The lowest BCUT2D eigenvalue weighted by Gasteiger charge is -2.14. The number of alkyl halides is 2.